The Balaban J connectivity index is 1.55. The van der Waals surface area contributed by atoms with Gasteiger partial charge in [-0.05, 0) is 36.6 Å². The number of para-hydroxylation sites is 1. The fraction of sp³-hybridized carbons (Fsp3) is 0.350. The minimum atomic E-state index is 0.0807. The first-order valence-electron chi connectivity index (χ1n) is 8.43. The van der Waals surface area contributed by atoms with Gasteiger partial charge < -0.3 is 15.4 Å². The summed E-state index contributed by atoms with van der Waals surface area (Å²) in [5.41, 5.74) is 2.42. The molecular formula is C20H26N2O2. The average Bonchev–Trinajstić information content (AvgIpc) is 2.63. The summed E-state index contributed by atoms with van der Waals surface area (Å²) in [5, 5.41) is 6.27. The van der Waals surface area contributed by atoms with Gasteiger partial charge in [-0.2, -0.15) is 0 Å². The summed E-state index contributed by atoms with van der Waals surface area (Å²) in [6.07, 6.45) is 2.26. The first-order valence-corrected chi connectivity index (χ1v) is 8.43. The van der Waals surface area contributed by atoms with Crippen LogP contribution >= 0.6 is 0 Å². The van der Waals surface area contributed by atoms with Crippen molar-refractivity contribution in [3.05, 3.63) is 65.7 Å². The molecule has 0 heterocycles. The highest BCUT2D eigenvalue weighted by Gasteiger charge is 2.04. The van der Waals surface area contributed by atoms with Crippen molar-refractivity contribution in [3.8, 4) is 5.75 Å². The highest BCUT2D eigenvalue weighted by Crippen LogP contribution is 2.17. The molecule has 4 heteroatoms. The van der Waals surface area contributed by atoms with E-state index >= 15 is 0 Å². The van der Waals surface area contributed by atoms with E-state index in [-0.39, 0.29) is 5.91 Å². The summed E-state index contributed by atoms with van der Waals surface area (Å²) < 4.78 is 5.31. The number of nitrogens with one attached hydrogen (secondary N) is 2. The van der Waals surface area contributed by atoms with Gasteiger partial charge in [0.15, 0.2) is 0 Å². The SMILES string of the molecule is COc1ccccc1CCNC(=O)CCNCCc1ccccc1. The van der Waals surface area contributed by atoms with Gasteiger partial charge in [0.2, 0.25) is 5.91 Å². The summed E-state index contributed by atoms with van der Waals surface area (Å²) in [5.74, 6) is 0.950. The maximum absolute atomic E-state index is 11.8. The molecule has 0 aliphatic heterocycles. The maximum Gasteiger partial charge on any atom is 0.221 e. The van der Waals surface area contributed by atoms with Gasteiger partial charge in [-0.15, -0.1) is 0 Å². The molecule has 0 unspecified atom stereocenters. The van der Waals surface area contributed by atoms with Crippen LogP contribution in [-0.4, -0.2) is 32.7 Å². The molecule has 4 nitrogen and oxygen atoms in total. The molecule has 0 spiro atoms. The molecule has 1 amide bonds. The average molecular weight is 326 g/mol. The molecule has 0 fully saturated rings. The Morgan fingerprint density at radius 3 is 2.46 bits per heavy atom. The van der Waals surface area contributed by atoms with Crippen LogP contribution in [-0.2, 0) is 17.6 Å². The van der Waals surface area contributed by atoms with E-state index in [9.17, 15) is 4.79 Å². The number of carbonyl (C=O) groups excluding carboxylic acids is 1. The van der Waals surface area contributed by atoms with Crippen molar-refractivity contribution in [1.82, 2.24) is 10.6 Å². The highest BCUT2D eigenvalue weighted by molar-refractivity contribution is 5.76. The second kappa shape index (κ2) is 10.4. The molecule has 0 radical (unpaired) electrons. The van der Waals surface area contributed by atoms with Crippen molar-refractivity contribution < 1.29 is 9.53 Å². The molecule has 2 aromatic carbocycles. The lowest BCUT2D eigenvalue weighted by molar-refractivity contribution is -0.120. The van der Waals surface area contributed by atoms with E-state index in [2.05, 4.69) is 22.8 Å². The van der Waals surface area contributed by atoms with Gasteiger partial charge in [0, 0.05) is 19.5 Å². The van der Waals surface area contributed by atoms with Gasteiger partial charge in [0.05, 0.1) is 7.11 Å². The molecule has 128 valence electrons. The predicted molar refractivity (Wildman–Crippen MR) is 97.3 cm³/mol. The number of carbonyl (C=O) groups is 1. The number of hydrogen-bond acceptors (Lipinski definition) is 3. The zero-order valence-corrected chi connectivity index (χ0v) is 14.3. The molecule has 0 aromatic heterocycles. The maximum atomic E-state index is 11.8. The summed E-state index contributed by atoms with van der Waals surface area (Å²) in [6, 6.07) is 18.2. The van der Waals surface area contributed by atoms with Crippen LogP contribution in [0.15, 0.2) is 54.6 Å². The molecule has 24 heavy (non-hydrogen) atoms. The zero-order valence-electron chi connectivity index (χ0n) is 14.3. The second-order valence-corrected chi connectivity index (χ2v) is 5.65. The fourth-order valence-corrected chi connectivity index (χ4v) is 2.54. The van der Waals surface area contributed by atoms with Crippen LogP contribution in [0.4, 0.5) is 0 Å². The third-order valence-electron chi connectivity index (χ3n) is 3.87. The summed E-state index contributed by atoms with van der Waals surface area (Å²) >= 11 is 0. The van der Waals surface area contributed by atoms with Gasteiger partial charge >= 0.3 is 0 Å². The minimum absolute atomic E-state index is 0.0807. The summed E-state index contributed by atoms with van der Waals surface area (Å²) in [4.78, 5) is 11.8. The molecule has 0 saturated heterocycles. The van der Waals surface area contributed by atoms with E-state index in [1.54, 1.807) is 7.11 Å². The van der Waals surface area contributed by atoms with Crippen molar-refractivity contribution in [2.24, 2.45) is 0 Å². The van der Waals surface area contributed by atoms with Crippen LogP contribution in [0.1, 0.15) is 17.5 Å². The topological polar surface area (TPSA) is 50.4 Å². The molecule has 0 aliphatic carbocycles. The van der Waals surface area contributed by atoms with Gasteiger partial charge in [0.1, 0.15) is 5.75 Å². The lowest BCUT2D eigenvalue weighted by Crippen LogP contribution is -2.29. The third-order valence-corrected chi connectivity index (χ3v) is 3.87. The van der Waals surface area contributed by atoms with Crippen molar-refractivity contribution >= 4 is 5.91 Å². The number of ether oxygens (including phenoxy) is 1. The Kier molecular flexibility index (Phi) is 7.84. The molecule has 2 rings (SSSR count). The van der Waals surface area contributed by atoms with Crippen molar-refractivity contribution in [1.29, 1.82) is 0 Å². The Morgan fingerprint density at radius 1 is 0.917 bits per heavy atom. The third kappa shape index (κ3) is 6.42. The van der Waals surface area contributed by atoms with Crippen molar-refractivity contribution in [2.75, 3.05) is 26.7 Å². The van der Waals surface area contributed by atoms with Crippen LogP contribution in [0.25, 0.3) is 0 Å². The number of rotatable bonds is 10. The van der Waals surface area contributed by atoms with E-state index < -0.39 is 0 Å². The largest absolute Gasteiger partial charge is 0.496 e. The Labute approximate surface area is 144 Å². The molecule has 0 bridgehead atoms. The molecule has 2 N–H and O–H groups in total. The summed E-state index contributed by atoms with van der Waals surface area (Å²) in [6.45, 7) is 2.22. The smallest absolute Gasteiger partial charge is 0.221 e. The molecule has 0 atom stereocenters. The van der Waals surface area contributed by atoms with E-state index in [0.717, 1.165) is 30.7 Å². The number of methoxy groups -OCH3 is 1. The molecular weight excluding hydrogens is 300 g/mol. The van der Waals surface area contributed by atoms with Crippen LogP contribution in [0.5, 0.6) is 5.75 Å². The second-order valence-electron chi connectivity index (χ2n) is 5.65. The quantitative estimate of drug-likeness (QED) is 0.660. The van der Waals surface area contributed by atoms with Gasteiger partial charge in [-0.3, -0.25) is 4.79 Å². The van der Waals surface area contributed by atoms with E-state index in [1.165, 1.54) is 5.56 Å². The molecule has 0 saturated carbocycles. The Bertz CT molecular complexity index is 614. The fourth-order valence-electron chi connectivity index (χ4n) is 2.54. The predicted octanol–water partition coefficient (Wildman–Crippen LogP) is 2.58. The first kappa shape index (κ1) is 18.0. The Hall–Kier alpha value is -2.33. The lowest BCUT2D eigenvalue weighted by atomic mass is 10.1. The Morgan fingerprint density at radius 2 is 1.67 bits per heavy atom. The van der Waals surface area contributed by atoms with Gasteiger partial charge in [-0.1, -0.05) is 48.5 Å². The van der Waals surface area contributed by atoms with Crippen LogP contribution < -0.4 is 15.4 Å². The molecule has 2 aromatic rings. The van der Waals surface area contributed by atoms with E-state index in [1.807, 2.05) is 42.5 Å². The standard InChI is InChI=1S/C20H26N2O2/c1-24-19-10-6-5-9-18(19)12-16-22-20(23)13-15-21-14-11-17-7-3-2-4-8-17/h2-10,21H,11-16H2,1H3,(H,22,23). The normalized spacial score (nSPS) is 10.4. The number of hydrogen-bond donors (Lipinski definition) is 2. The zero-order chi connectivity index (χ0) is 17.0. The van der Waals surface area contributed by atoms with Crippen LogP contribution in [0.3, 0.4) is 0 Å². The van der Waals surface area contributed by atoms with Crippen LogP contribution in [0.2, 0.25) is 0 Å². The highest BCUT2D eigenvalue weighted by atomic mass is 16.5. The van der Waals surface area contributed by atoms with E-state index in [4.69, 9.17) is 4.74 Å². The van der Waals surface area contributed by atoms with E-state index in [0.29, 0.717) is 19.5 Å². The monoisotopic (exact) mass is 326 g/mol. The first-order chi connectivity index (χ1) is 11.8. The summed E-state index contributed by atoms with van der Waals surface area (Å²) in [7, 11) is 1.67. The van der Waals surface area contributed by atoms with Gasteiger partial charge in [0.25, 0.3) is 0 Å². The van der Waals surface area contributed by atoms with Crippen molar-refractivity contribution in [3.63, 3.8) is 0 Å². The number of amides is 1. The van der Waals surface area contributed by atoms with Gasteiger partial charge in [-0.25, -0.2) is 0 Å². The minimum Gasteiger partial charge on any atom is -0.496 e. The molecule has 0 aliphatic rings. The van der Waals surface area contributed by atoms with Crippen LogP contribution in [0, 0.1) is 0 Å². The lowest BCUT2D eigenvalue weighted by Gasteiger charge is -2.09. The number of benzene rings is 2. The van der Waals surface area contributed by atoms with Crippen molar-refractivity contribution in [2.45, 2.75) is 19.3 Å².